The first-order valence-electron chi connectivity index (χ1n) is 9.43. The van der Waals surface area contributed by atoms with E-state index in [0.717, 1.165) is 0 Å². The molecule has 9 heteroatoms. The van der Waals surface area contributed by atoms with E-state index in [1.54, 1.807) is 18.2 Å². The third kappa shape index (κ3) is 6.19. The number of nitrogens with one attached hydrogen (secondary N) is 1. The molecule has 2 rings (SSSR count). The van der Waals surface area contributed by atoms with E-state index in [1.165, 1.54) is 32.4 Å². The summed E-state index contributed by atoms with van der Waals surface area (Å²) in [4.78, 5) is 12.8. The van der Waals surface area contributed by atoms with Crippen molar-refractivity contribution in [3.63, 3.8) is 0 Å². The summed E-state index contributed by atoms with van der Waals surface area (Å²) in [5.41, 5.74) is 0.748. The molecule has 0 saturated carbocycles. The minimum absolute atomic E-state index is 0.130. The number of nitriles is 1. The fourth-order valence-electron chi connectivity index (χ4n) is 2.68. The number of anilines is 1. The summed E-state index contributed by atoms with van der Waals surface area (Å²) < 4.78 is 22.3. The zero-order chi connectivity index (χ0) is 23.7. The Hall–Kier alpha value is -3.15. The molecule has 0 aliphatic carbocycles. The first-order chi connectivity index (χ1) is 15.4. The molecule has 0 heterocycles. The largest absolute Gasteiger partial charge is 0.495 e. The molecule has 0 aromatic heterocycles. The molecule has 168 valence electrons. The van der Waals surface area contributed by atoms with Crippen LogP contribution in [0.1, 0.15) is 12.5 Å². The van der Waals surface area contributed by atoms with Gasteiger partial charge >= 0.3 is 0 Å². The molecule has 0 atom stereocenters. The average molecular weight is 522 g/mol. The van der Waals surface area contributed by atoms with Gasteiger partial charge in [0.1, 0.15) is 29.7 Å². The number of benzene rings is 2. The van der Waals surface area contributed by atoms with Gasteiger partial charge in [0.25, 0.3) is 5.91 Å². The Morgan fingerprint density at radius 3 is 2.50 bits per heavy atom. The maximum absolute atomic E-state index is 12.8. The SMILES string of the molecule is C=CCOc1c(Br)cc(/C=C(\C#N)C(=O)Nc2cc(OC)c(Cl)cc2OC)cc1OCC. The molecule has 1 amide bonds. The molecular weight excluding hydrogens is 500 g/mol. The number of methoxy groups -OCH3 is 2. The van der Waals surface area contributed by atoms with Gasteiger partial charge in [0.15, 0.2) is 11.5 Å². The fraction of sp³-hybridized carbons (Fsp3) is 0.217. The van der Waals surface area contributed by atoms with Gasteiger partial charge in [0.05, 0.1) is 36.0 Å². The molecule has 2 aromatic carbocycles. The summed E-state index contributed by atoms with van der Waals surface area (Å²) in [6, 6.07) is 8.35. The molecule has 0 radical (unpaired) electrons. The van der Waals surface area contributed by atoms with Crippen LogP contribution in [0.5, 0.6) is 23.0 Å². The van der Waals surface area contributed by atoms with Crippen molar-refractivity contribution in [1.29, 1.82) is 5.26 Å². The number of halogens is 2. The minimum Gasteiger partial charge on any atom is -0.495 e. The average Bonchev–Trinajstić information content (AvgIpc) is 2.77. The number of carbonyl (C=O) groups is 1. The molecule has 0 bridgehead atoms. The molecule has 0 spiro atoms. The van der Waals surface area contributed by atoms with Crippen LogP contribution in [0.2, 0.25) is 5.02 Å². The third-order valence-electron chi connectivity index (χ3n) is 4.08. The quantitative estimate of drug-likeness (QED) is 0.248. The van der Waals surface area contributed by atoms with Crippen LogP contribution >= 0.6 is 27.5 Å². The first kappa shape index (κ1) is 25.1. The first-order valence-corrected chi connectivity index (χ1v) is 10.6. The van der Waals surface area contributed by atoms with Crippen molar-refractivity contribution in [3.8, 4) is 29.1 Å². The molecule has 0 aliphatic heterocycles. The highest BCUT2D eigenvalue weighted by molar-refractivity contribution is 9.10. The Bertz CT molecular complexity index is 1080. The number of hydrogen-bond acceptors (Lipinski definition) is 6. The van der Waals surface area contributed by atoms with E-state index in [1.807, 2.05) is 13.0 Å². The second-order valence-corrected chi connectivity index (χ2v) is 7.44. The molecule has 32 heavy (non-hydrogen) atoms. The second-order valence-electron chi connectivity index (χ2n) is 6.17. The predicted molar refractivity (Wildman–Crippen MR) is 128 cm³/mol. The lowest BCUT2D eigenvalue weighted by atomic mass is 10.1. The smallest absolute Gasteiger partial charge is 0.266 e. The molecule has 1 N–H and O–H groups in total. The standard InChI is InChI=1S/C23H22BrClN2O5/c1-5-7-32-22-16(24)9-14(10-21(22)31-6-2)8-15(13-26)23(28)27-18-12-19(29-3)17(25)11-20(18)30-4/h5,8-12H,1,6-7H2,2-4H3,(H,27,28)/b15-8+. The zero-order valence-electron chi connectivity index (χ0n) is 17.8. The van der Waals surface area contributed by atoms with Crippen molar-refractivity contribution >= 4 is 45.2 Å². The lowest BCUT2D eigenvalue weighted by molar-refractivity contribution is -0.112. The molecule has 0 fully saturated rings. The number of hydrogen-bond donors (Lipinski definition) is 1. The number of nitrogens with zero attached hydrogens (tertiary/aromatic N) is 1. The lowest BCUT2D eigenvalue weighted by Crippen LogP contribution is -2.14. The van der Waals surface area contributed by atoms with Crippen molar-refractivity contribution in [3.05, 3.63) is 57.6 Å². The fourth-order valence-corrected chi connectivity index (χ4v) is 3.48. The monoisotopic (exact) mass is 520 g/mol. The van der Waals surface area contributed by atoms with E-state index in [2.05, 4.69) is 27.8 Å². The van der Waals surface area contributed by atoms with Crippen LogP contribution in [-0.2, 0) is 4.79 Å². The highest BCUT2D eigenvalue weighted by Crippen LogP contribution is 2.38. The Morgan fingerprint density at radius 1 is 1.19 bits per heavy atom. The Kier molecular flexibility index (Phi) is 9.44. The molecule has 0 saturated heterocycles. The van der Waals surface area contributed by atoms with Gasteiger partial charge in [0, 0.05) is 12.1 Å². The van der Waals surface area contributed by atoms with Gasteiger partial charge in [-0.2, -0.15) is 5.26 Å². The summed E-state index contributed by atoms with van der Waals surface area (Å²) in [5.74, 6) is 1.02. The van der Waals surface area contributed by atoms with E-state index in [9.17, 15) is 10.1 Å². The maximum atomic E-state index is 12.8. The van der Waals surface area contributed by atoms with Gasteiger partial charge in [-0.3, -0.25) is 4.79 Å². The normalized spacial score (nSPS) is 10.7. The van der Waals surface area contributed by atoms with Crippen LogP contribution < -0.4 is 24.3 Å². The molecule has 2 aromatic rings. The van der Waals surface area contributed by atoms with Gasteiger partial charge in [-0.15, -0.1) is 0 Å². The zero-order valence-corrected chi connectivity index (χ0v) is 20.2. The predicted octanol–water partition coefficient (Wildman–Crippen LogP) is 5.63. The summed E-state index contributed by atoms with van der Waals surface area (Å²) in [7, 11) is 2.90. The summed E-state index contributed by atoms with van der Waals surface area (Å²) in [6.07, 6.45) is 3.06. The molecular formula is C23H22BrClN2O5. The molecule has 0 aliphatic rings. The summed E-state index contributed by atoms with van der Waals surface area (Å²) in [5, 5.41) is 12.6. The molecule has 0 unspecified atom stereocenters. The summed E-state index contributed by atoms with van der Waals surface area (Å²) >= 11 is 9.55. The number of rotatable bonds is 10. The van der Waals surface area contributed by atoms with Crippen molar-refractivity contribution in [2.24, 2.45) is 0 Å². The van der Waals surface area contributed by atoms with Crippen molar-refractivity contribution in [2.75, 3.05) is 32.8 Å². The van der Waals surface area contributed by atoms with E-state index < -0.39 is 5.91 Å². The third-order valence-corrected chi connectivity index (χ3v) is 4.96. The van der Waals surface area contributed by atoms with Crippen molar-refractivity contribution < 1.29 is 23.7 Å². The van der Waals surface area contributed by atoms with Crippen molar-refractivity contribution in [2.45, 2.75) is 6.92 Å². The van der Waals surface area contributed by atoms with Gasteiger partial charge in [-0.05, 0) is 46.6 Å². The van der Waals surface area contributed by atoms with Crippen molar-refractivity contribution in [1.82, 2.24) is 0 Å². The number of amides is 1. The number of carbonyl (C=O) groups excluding carboxylic acids is 1. The van der Waals surface area contributed by atoms with Crippen LogP contribution in [0.4, 0.5) is 5.69 Å². The van der Waals surface area contributed by atoms with Gasteiger partial charge in [0.2, 0.25) is 0 Å². The number of ether oxygens (including phenoxy) is 4. The Morgan fingerprint density at radius 2 is 1.91 bits per heavy atom. The maximum Gasteiger partial charge on any atom is 0.266 e. The van der Waals surface area contributed by atoms with Gasteiger partial charge < -0.3 is 24.3 Å². The van der Waals surface area contributed by atoms with E-state index in [-0.39, 0.29) is 5.57 Å². The van der Waals surface area contributed by atoms with E-state index in [0.29, 0.717) is 57.0 Å². The van der Waals surface area contributed by atoms with Crippen LogP contribution in [0, 0.1) is 11.3 Å². The second kappa shape index (κ2) is 12.0. The Labute approximate surface area is 200 Å². The highest BCUT2D eigenvalue weighted by Gasteiger charge is 2.17. The Balaban J connectivity index is 2.40. The van der Waals surface area contributed by atoms with Crippen LogP contribution in [0.15, 0.2) is 47.0 Å². The molecule has 7 nitrogen and oxygen atoms in total. The topological polar surface area (TPSA) is 89.8 Å². The van der Waals surface area contributed by atoms with Gasteiger partial charge in [-0.1, -0.05) is 24.3 Å². The lowest BCUT2D eigenvalue weighted by Gasteiger charge is -2.14. The van der Waals surface area contributed by atoms with Crippen LogP contribution in [0.3, 0.4) is 0 Å². The minimum atomic E-state index is -0.628. The summed E-state index contributed by atoms with van der Waals surface area (Å²) in [6.45, 7) is 6.19. The highest BCUT2D eigenvalue weighted by atomic mass is 79.9. The van der Waals surface area contributed by atoms with Crippen LogP contribution in [0.25, 0.3) is 6.08 Å². The van der Waals surface area contributed by atoms with E-state index >= 15 is 0 Å². The van der Waals surface area contributed by atoms with Gasteiger partial charge in [-0.25, -0.2) is 0 Å². The van der Waals surface area contributed by atoms with E-state index in [4.69, 9.17) is 30.5 Å². The van der Waals surface area contributed by atoms with Crippen LogP contribution in [-0.4, -0.2) is 33.3 Å².